The summed E-state index contributed by atoms with van der Waals surface area (Å²) in [5.41, 5.74) is -0.262. The highest BCUT2D eigenvalue weighted by Crippen LogP contribution is 2.29. The zero-order valence-corrected chi connectivity index (χ0v) is 13.8. The van der Waals surface area contributed by atoms with Crippen LogP contribution in [0, 0.1) is 5.82 Å². The number of imide groups is 1. The van der Waals surface area contributed by atoms with E-state index >= 15 is 0 Å². The van der Waals surface area contributed by atoms with E-state index < -0.39 is 17.4 Å². The topological polar surface area (TPSA) is 58.6 Å². The Hall–Kier alpha value is -2.11. The number of halogens is 1. The van der Waals surface area contributed by atoms with Crippen molar-refractivity contribution in [2.24, 2.45) is 0 Å². The van der Waals surface area contributed by atoms with Gasteiger partial charge in [-0.25, -0.2) is 9.18 Å². The van der Waals surface area contributed by atoms with Gasteiger partial charge in [0, 0.05) is 0 Å². The van der Waals surface area contributed by atoms with Crippen LogP contribution >= 0.6 is 0 Å². The summed E-state index contributed by atoms with van der Waals surface area (Å²) in [5, 5.41) is 2.85. The quantitative estimate of drug-likeness (QED) is 0.784. The van der Waals surface area contributed by atoms with E-state index in [1.54, 1.807) is 6.07 Å². The van der Waals surface area contributed by atoms with Crippen LogP contribution in [0.1, 0.15) is 45.1 Å². The van der Waals surface area contributed by atoms with E-state index in [-0.39, 0.29) is 18.2 Å². The fraction of sp³-hybridized carbons (Fsp3) is 0.529. The van der Waals surface area contributed by atoms with Crippen molar-refractivity contribution in [3.05, 3.63) is 29.6 Å². The normalized spacial score (nSPS) is 16.6. The van der Waals surface area contributed by atoms with Gasteiger partial charge in [0.1, 0.15) is 5.54 Å². The molecule has 1 aromatic carbocycles. The van der Waals surface area contributed by atoms with E-state index in [1.807, 2.05) is 13.8 Å². The number of rotatable bonds is 7. The molecule has 0 unspecified atom stereocenters. The Morgan fingerprint density at radius 3 is 2.39 bits per heavy atom. The molecule has 0 aromatic heterocycles. The smallest absolute Gasteiger partial charge is 0.325 e. The van der Waals surface area contributed by atoms with E-state index in [1.165, 1.54) is 24.1 Å². The highest BCUT2D eigenvalue weighted by molar-refractivity contribution is 6.06. The Bertz CT molecular complexity index is 598. The third-order valence-electron chi connectivity index (χ3n) is 4.16. The lowest BCUT2D eigenvalue weighted by atomic mass is 9.88. The number of carbonyl (C=O) groups excluding carboxylic acids is 2. The molecule has 1 heterocycles. The Morgan fingerprint density at radius 1 is 1.22 bits per heavy atom. The first-order valence-electron chi connectivity index (χ1n) is 7.94. The number of methoxy groups -OCH3 is 1. The van der Waals surface area contributed by atoms with E-state index in [0.717, 1.165) is 12.8 Å². The van der Waals surface area contributed by atoms with Crippen LogP contribution in [0.2, 0.25) is 0 Å². The number of hydrogen-bond donors (Lipinski definition) is 1. The van der Waals surface area contributed by atoms with Crippen molar-refractivity contribution >= 4 is 11.9 Å². The summed E-state index contributed by atoms with van der Waals surface area (Å²) in [5.74, 6) is -0.592. The maximum absolute atomic E-state index is 13.8. The van der Waals surface area contributed by atoms with Crippen LogP contribution in [0.15, 0.2) is 18.2 Å². The van der Waals surface area contributed by atoms with Gasteiger partial charge in [-0.15, -0.1) is 0 Å². The molecule has 0 aliphatic carbocycles. The standard InChI is InChI=1S/C17H23FN2O3/c1-4-8-17(9-5-2)15(21)20(16(22)19-17)11-12-6-7-14(23-3)13(18)10-12/h6-7,10H,4-5,8-9,11H2,1-3H3,(H,19,22). The number of nitrogens with zero attached hydrogens (tertiary/aromatic N) is 1. The summed E-state index contributed by atoms with van der Waals surface area (Å²) >= 11 is 0. The molecule has 0 spiro atoms. The lowest BCUT2D eigenvalue weighted by molar-refractivity contribution is -0.132. The first kappa shape index (κ1) is 17.2. The van der Waals surface area contributed by atoms with E-state index in [9.17, 15) is 14.0 Å². The van der Waals surface area contributed by atoms with Crippen molar-refractivity contribution in [3.8, 4) is 5.75 Å². The molecule has 3 amide bonds. The molecule has 0 radical (unpaired) electrons. The van der Waals surface area contributed by atoms with E-state index in [0.29, 0.717) is 18.4 Å². The summed E-state index contributed by atoms with van der Waals surface area (Å²) in [6.45, 7) is 4.03. The second kappa shape index (κ2) is 6.98. The number of hydrogen-bond acceptors (Lipinski definition) is 3. The summed E-state index contributed by atoms with van der Waals surface area (Å²) < 4.78 is 18.7. The Balaban J connectivity index is 2.21. The minimum Gasteiger partial charge on any atom is -0.494 e. The van der Waals surface area contributed by atoms with Crippen LogP contribution in [-0.2, 0) is 11.3 Å². The number of urea groups is 1. The van der Waals surface area contributed by atoms with Crippen LogP contribution in [0.3, 0.4) is 0 Å². The molecular weight excluding hydrogens is 299 g/mol. The van der Waals surface area contributed by atoms with Gasteiger partial charge in [-0.1, -0.05) is 32.8 Å². The third-order valence-corrected chi connectivity index (χ3v) is 4.16. The van der Waals surface area contributed by atoms with Crippen LogP contribution in [-0.4, -0.2) is 29.5 Å². The molecule has 126 valence electrons. The van der Waals surface area contributed by atoms with Crippen LogP contribution in [0.25, 0.3) is 0 Å². The molecular formula is C17H23FN2O3. The molecule has 5 nitrogen and oxygen atoms in total. The number of benzene rings is 1. The van der Waals surface area contributed by atoms with Crippen molar-refractivity contribution in [3.63, 3.8) is 0 Å². The number of ether oxygens (including phenoxy) is 1. The molecule has 1 saturated heterocycles. The maximum Gasteiger partial charge on any atom is 0.325 e. The zero-order chi connectivity index (χ0) is 17.0. The molecule has 0 bridgehead atoms. The monoisotopic (exact) mass is 322 g/mol. The zero-order valence-electron chi connectivity index (χ0n) is 13.8. The molecule has 0 atom stereocenters. The van der Waals surface area contributed by atoms with Crippen molar-refractivity contribution in [2.45, 2.75) is 51.6 Å². The average molecular weight is 322 g/mol. The minimum atomic E-state index is -0.814. The van der Waals surface area contributed by atoms with Gasteiger partial charge in [-0.05, 0) is 30.5 Å². The average Bonchev–Trinajstić information content (AvgIpc) is 2.73. The van der Waals surface area contributed by atoms with Crippen LogP contribution < -0.4 is 10.1 Å². The largest absolute Gasteiger partial charge is 0.494 e. The van der Waals surface area contributed by atoms with Gasteiger partial charge in [-0.3, -0.25) is 9.69 Å². The minimum absolute atomic E-state index is 0.0563. The van der Waals surface area contributed by atoms with Gasteiger partial charge in [0.05, 0.1) is 13.7 Å². The predicted molar refractivity (Wildman–Crippen MR) is 84.6 cm³/mol. The van der Waals surface area contributed by atoms with Crippen molar-refractivity contribution in [1.29, 1.82) is 0 Å². The molecule has 6 heteroatoms. The molecule has 1 N–H and O–H groups in total. The first-order valence-corrected chi connectivity index (χ1v) is 7.94. The van der Waals surface area contributed by atoms with Crippen molar-refractivity contribution in [1.82, 2.24) is 10.2 Å². The summed E-state index contributed by atoms with van der Waals surface area (Å²) in [7, 11) is 1.39. The van der Waals surface area contributed by atoms with Crippen LogP contribution in [0.4, 0.5) is 9.18 Å². The molecule has 1 fully saturated rings. The van der Waals surface area contributed by atoms with Gasteiger partial charge < -0.3 is 10.1 Å². The predicted octanol–water partition coefficient (Wildman–Crippen LogP) is 3.23. The molecule has 2 rings (SSSR count). The van der Waals surface area contributed by atoms with Crippen molar-refractivity contribution in [2.75, 3.05) is 7.11 Å². The van der Waals surface area contributed by atoms with E-state index in [2.05, 4.69) is 5.32 Å². The Kier molecular flexibility index (Phi) is 5.23. The maximum atomic E-state index is 13.8. The van der Waals surface area contributed by atoms with E-state index in [4.69, 9.17) is 4.74 Å². The second-order valence-corrected chi connectivity index (χ2v) is 5.87. The summed E-state index contributed by atoms with van der Waals surface area (Å²) in [6.07, 6.45) is 2.83. The molecule has 1 aromatic rings. The molecule has 1 aliphatic rings. The highest BCUT2D eigenvalue weighted by Gasteiger charge is 2.49. The number of carbonyl (C=O) groups is 2. The SMILES string of the molecule is CCCC1(CCC)NC(=O)N(Cc2ccc(OC)c(F)c2)C1=O. The first-order chi connectivity index (χ1) is 11.0. The van der Waals surface area contributed by atoms with Gasteiger partial charge in [0.25, 0.3) is 5.91 Å². The van der Waals surface area contributed by atoms with Crippen LogP contribution in [0.5, 0.6) is 5.75 Å². The Morgan fingerprint density at radius 2 is 1.87 bits per heavy atom. The van der Waals surface area contributed by atoms with Gasteiger partial charge in [0.2, 0.25) is 0 Å². The number of nitrogens with one attached hydrogen (secondary N) is 1. The van der Waals surface area contributed by atoms with Gasteiger partial charge in [0.15, 0.2) is 11.6 Å². The third kappa shape index (κ3) is 3.30. The molecule has 23 heavy (non-hydrogen) atoms. The Labute approximate surface area is 135 Å². The molecule has 1 aliphatic heterocycles. The lowest BCUT2D eigenvalue weighted by Gasteiger charge is -2.25. The van der Waals surface area contributed by atoms with Gasteiger partial charge in [-0.2, -0.15) is 0 Å². The summed E-state index contributed by atoms with van der Waals surface area (Å²) in [4.78, 5) is 26.2. The molecule has 0 saturated carbocycles. The number of amides is 3. The fourth-order valence-electron chi connectivity index (χ4n) is 3.13. The summed E-state index contributed by atoms with van der Waals surface area (Å²) in [6, 6.07) is 4.03. The van der Waals surface area contributed by atoms with Crippen molar-refractivity contribution < 1.29 is 18.7 Å². The fourth-order valence-corrected chi connectivity index (χ4v) is 3.13. The van der Waals surface area contributed by atoms with Gasteiger partial charge >= 0.3 is 6.03 Å². The lowest BCUT2D eigenvalue weighted by Crippen LogP contribution is -2.46. The highest BCUT2D eigenvalue weighted by atomic mass is 19.1. The second-order valence-electron chi connectivity index (χ2n) is 5.87.